The average molecular weight is 532 g/mol. The summed E-state index contributed by atoms with van der Waals surface area (Å²) in [5, 5.41) is 6.66. The molecule has 7 nitrogen and oxygen atoms in total. The van der Waals surface area contributed by atoms with Gasteiger partial charge in [0, 0.05) is 32.1 Å². The van der Waals surface area contributed by atoms with E-state index in [1.54, 1.807) is 7.11 Å². The fourth-order valence-corrected chi connectivity index (χ4v) is 3.52. The smallest absolute Gasteiger partial charge is 0.222 e. The van der Waals surface area contributed by atoms with Gasteiger partial charge in [-0.2, -0.15) is 0 Å². The Labute approximate surface area is 198 Å². The molecule has 2 unspecified atom stereocenters. The van der Waals surface area contributed by atoms with Gasteiger partial charge in [-0.25, -0.2) is 4.99 Å². The second-order valence-corrected chi connectivity index (χ2v) is 7.27. The molecule has 2 N–H and O–H groups in total. The lowest BCUT2D eigenvalue weighted by molar-refractivity contribution is -0.129. The van der Waals surface area contributed by atoms with Crippen molar-refractivity contribution in [1.82, 2.24) is 15.5 Å². The molecule has 1 aromatic carbocycles. The summed E-state index contributed by atoms with van der Waals surface area (Å²) in [4.78, 5) is 18.7. The first-order valence-corrected chi connectivity index (χ1v) is 10.7. The third kappa shape index (κ3) is 8.20. The van der Waals surface area contributed by atoms with E-state index in [-0.39, 0.29) is 30.1 Å². The Morgan fingerprint density at radius 1 is 1.23 bits per heavy atom. The van der Waals surface area contributed by atoms with Crippen LogP contribution < -0.4 is 20.1 Å². The van der Waals surface area contributed by atoms with Crippen molar-refractivity contribution in [1.29, 1.82) is 0 Å². The lowest BCUT2D eigenvalue weighted by atomic mass is 10.1. The van der Waals surface area contributed by atoms with E-state index in [0.717, 1.165) is 56.4 Å². The molecule has 170 valence electrons. The molecule has 0 aliphatic carbocycles. The number of rotatable bonds is 11. The number of methoxy groups -OCH3 is 1. The molecule has 30 heavy (non-hydrogen) atoms. The van der Waals surface area contributed by atoms with Gasteiger partial charge in [-0.05, 0) is 45.2 Å². The highest BCUT2D eigenvalue weighted by Crippen LogP contribution is 2.26. The average Bonchev–Trinajstić information content (AvgIpc) is 3.15. The molecule has 0 saturated carbocycles. The van der Waals surface area contributed by atoms with Crippen molar-refractivity contribution in [2.24, 2.45) is 4.99 Å². The predicted octanol–water partition coefficient (Wildman–Crippen LogP) is 3.43. The molecular weight excluding hydrogens is 495 g/mol. The zero-order valence-corrected chi connectivity index (χ0v) is 21.0. The Morgan fingerprint density at radius 3 is 2.57 bits per heavy atom. The van der Waals surface area contributed by atoms with Gasteiger partial charge in [0.15, 0.2) is 17.5 Å². The van der Waals surface area contributed by atoms with E-state index in [0.29, 0.717) is 24.9 Å². The molecule has 0 bridgehead atoms. The molecule has 2 atom stereocenters. The fraction of sp³-hybridized carbons (Fsp3) is 0.636. The number of aliphatic imine (C=N–C) groups is 1. The number of hydrogen-bond donors (Lipinski definition) is 2. The number of hydrogen-bond acceptors (Lipinski definition) is 4. The Morgan fingerprint density at radius 2 is 1.97 bits per heavy atom. The SMILES string of the molecule is CCNC(=NCC(C)Oc1ccccc1OC)NCCC(CC)N1CCCC1=O.I. The van der Waals surface area contributed by atoms with Crippen molar-refractivity contribution < 1.29 is 14.3 Å². The number of nitrogens with one attached hydrogen (secondary N) is 2. The van der Waals surface area contributed by atoms with E-state index in [1.807, 2.05) is 43.0 Å². The Kier molecular flexibility index (Phi) is 12.6. The Hall–Kier alpha value is -1.71. The first-order chi connectivity index (χ1) is 14.1. The summed E-state index contributed by atoms with van der Waals surface area (Å²) in [5.74, 6) is 2.50. The topological polar surface area (TPSA) is 75.2 Å². The van der Waals surface area contributed by atoms with Gasteiger partial charge in [-0.1, -0.05) is 19.1 Å². The molecule has 1 heterocycles. The van der Waals surface area contributed by atoms with Gasteiger partial charge in [-0.3, -0.25) is 4.79 Å². The maximum atomic E-state index is 12.0. The van der Waals surface area contributed by atoms with Gasteiger partial charge in [0.2, 0.25) is 5.91 Å². The molecule has 2 rings (SSSR count). The van der Waals surface area contributed by atoms with Crippen molar-refractivity contribution in [2.75, 3.05) is 33.3 Å². The molecule has 0 radical (unpaired) electrons. The number of ether oxygens (including phenoxy) is 2. The van der Waals surface area contributed by atoms with Gasteiger partial charge in [0.05, 0.1) is 13.7 Å². The van der Waals surface area contributed by atoms with Crippen LogP contribution in [0.25, 0.3) is 0 Å². The molecule has 1 amide bonds. The summed E-state index contributed by atoms with van der Waals surface area (Å²) in [7, 11) is 1.64. The third-order valence-corrected chi connectivity index (χ3v) is 5.04. The number of amides is 1. The number of likely N-dealkylation sites (tertiary alicyclic amines) is 1. The number of nitrogens with zero attached hydrogens (tertiary/aromatic N) is 2. The quantitative estimate of drug-likeness (QED) is 0.260. The number of benzene rings is 1. The van der Waals surface area contributed by atoms with Crippen LogP contribution in [-0.2, 0) is 4.79 Å². The lowest BCUT2D eigenvalue weighted by Gasteiger charge is -2.27. The van der Waals surface area contributed by atoms with Crippen LogP contribution in [-0.4, -0.2) is 62.2 Å². The summed E-state index contributed by atoms with van der Waals surface area (Å²) in [6, 6.07) is 7.92. The van der Waals surface area contributed by atoms with Crippen LogP contribution in [0.3, 0.4) is 0 Å². The van der Waals surface area contributed by atoms with Crippen molar-refractivity contribution in [2.45, 2.75) is 58.6 Å². The minimum atomic E-state index is -0.0904. The van der Waals surface area contributed by atoms with Crippen LogP contribution in [0.4, 0.5) is 0 Å². The van der Waals surface area contributed by atoms with Gasteiger partial charge in [0.25, 0.3) is 0 Å². The maximum absolute atomic E-state index is 12.0. The van der Waals surface area contributed by atoms with Crippen molar-refractivity contribution >= 4 is 35.8 Å². The lowest BCUT2D eigenvalue weighted by Crippen LogP contribution is -2.42. The molecular formula is C22H37IN4O3. The van der Waals surface area contributed by atoms with Crippen LogP contribution in [0.1, 0.15) is 46.5 Å². The van der Waals surface area contributed by atoms with E-state index < -0.39 is 0 Å². The summed E-state index contributed by atoms with van der Waals surface area (Å²) in [6.07, 6.45) is 3.48. The monoisotopic (exact) mass is 532 g/mol. The molecule has 8 heteroatoms. The van der Waals surface area contributed by atoms with Gasteiger partial charge in [0.1, 0.15) is 6.10 Å². The summed E-state index contributed by atoms with van der Waals surface area (Å²) >= 11 is 0. The number of carbonyl (C=O) groups is 1. The molecule has 1 fully saturated rings. The van der Waals surface area contributed by atoms with E-state index in [1.165, 1.54) is 0 Å². The van der Waals surface area contributed by atoms with Crippen LogP contribution in [0, 0.1) is 0 Å². The zero-order valence-electron chi connectivity index (χ0n) is 18.6. The van der Waals surface area contributed by atoms with Crippen LogP contribution in [0.5, 0.6) is 11.5 Å². The molecule has 1 aromatic rings. The van der Waals surface area contributed by atoms with E-state index >= 15 is 0 Å². The van der Waals surface area contributed by atoms with Gasteiger partial charge < -0.3 is 25.0 Å². The highest BCUT2D eigenvalue weighted by atomic mass is 127. The van der Waals surface area contributed by atoms with Gasteiger partial charge >= 0.3 is 0 Å². The summed E-state index contributed by atoms with van der Waals surface area (Å²) < 4.78 is 11.3. The number of halogens is 1. The third-order valence-electron chi connectivity index (χ3n) is 5.04. The van der Waals surface area contributed by atoms with Crippen molar-refractivity contribution in [3.05, 3.63) is 24.3 Å². The van der Waals surface area contributed by atoms with Crippen LogP contribution in [0.2, 0.25) is 0 Å². The number of para-hydroxylation sites is 2. The van der Waals surface area contributed by atoms with Gasteiger partial charge in [-0.15, -0.1) is 24.0 Å². The van der Waals surface area contributed by atoms with E-state index in [2.05, 4.69) is 22.5 Å². The molecule has 1 aliphatic rings. The molecule has 0 aromatic heterocycles. The second-order valence-electron chi connectivity index (χ2n) is 7.27. The van der Waals surface area contributed by atoms with E-state index in [9.17, 15) is 4.79 Å². The van der Waals surface area contributed by atoms with E-state index in [4.69, 9.17) is 9.47 Å². The highest BCUT2D eigenvalue weighted by Gasteiger charge is 2.26. The standard InChI is InChI=1S/C22H36N4O3.HI/c1-5-18(26-15-9-12-21(26)27)13-14-24-22(23-6-2)25-16-17(3)29-20-11-8-7-10-19(20)28-4;/h7-8,10-11,17-18H,5-6,9,12-16H2,1-4H3,(H2,23,24,25);1H. The van der Waals surface area contributed by atoms with Crippen LogP contribution in [0.15, 0.2) is 29.3 Å². The normalized spacial score (nSPS) is 15.9. The Balaban J connectivity index is 0.00000450. The molecule has 1 aliphatic heterocycles. The molecule has 0 spiro atoms. The highest BCUT2D eigenvalue weighted by molar-refractivity contribution is 14.0. The summed E-state index contributed by atoms with van der Waals surface area (Å²) in [5.41, 5.74) is 0. The first kappa shape index (κ1) is 26.3. The minimum absolute atomic E-state index is 0. The maximum Gasteiger partial charge on any atom is 0.222 e. The fourth-order valence-electron chi connectivity index (χ4n) is 3.52. The number of carbonyl (C=O) groups excluding carboxylic acids is 1. The molecule has 1 saturated heterocycles. The van der Waals surface area contributed by atoms with Crippen LogP contribution >= 0.6 is 24.0 Å². The van der Waals surface area contributed by atoms with Crippen molar-refractivity contribution in [3.8, 4) is 11.5 Å². The second kappa shape index (κ2) is 14.3. The number of guanidine groups is 1. The Bertz CT molecular complexity index is 672. The zero-order chi connectivity index (χ0) is 21.1. The summed E-state index contributed by atoms with van der Waals surface area (Å²) in [6.45, 7) is 9.16. The van der Waals surface area contributed by atoms with Crippen molar-refractivity contribution in [3.63, 3.8) is 0 Å². The first-order valence-electron chi connectivity index (χ1n) is 10.7. The minimum Gasteiger partial charge on any atom is -0.493 e. The predicted molar refractivity (Wildman–Crippen MR) is 132 cm³/mol. The largest absolute Gasteiger partial charge is 0.493 e.